The first-order valence-corrected chi connectivity index (χ1v) is 11.6. The van der Waals surface area contributed by atoms with Crippen LogP contribution in [0.1, 0.15) is 22.9 Å². The molecule has 0 bridgehead atoms. The van der Waals surface area contributed by atoms with E-state index in [4.69, 9.17) is 0 Å². The minimum atomic E-state index is -4.47. The number of amides is 3. The maximum atomic E-state index is 13.1. The normalized spacial score (nSPS) is 24.9. The van der Waals surface area contributed by atoms with Crippen molar-refractivity contribution in [3.8, 4) is 0 Å². The zero-order valence-corrected chi connectivity index (χ0v) is 19.5. The van der Waals surface area contributed by atoms with Crippen molar-refractivity contribution >= 4 is 29.4 Å². The summed E-state index contributed by atoms with van der Waals surface area (Å²) in [6.07, 6.45) is -5.72. The first-order valence-electron chi connectivity index (χ1n) is 10.6. The molecule has 2 heterocycles. The average Bonchev–Trinajstić information content (AvgIpc) is 2.84. The van der Waals surface area contributed by atoms with E-state index in [1.165, 1.54) is 41.9 Å². The first-order chi connectivity index (χ1) is 16.5. The number of alkyl halides is 3. The fourth-order valence-corrected chi connectivity index (χ4v) is 5.46. The lowest BCUT2D eigenvalue weighted by atomic mass is 9.96. The number of non-ortho nitro benzene ring substituents is 1. The van der Waals surface area contributed by atoms with Gasteiger partial charge in [-0.2, -0.15) is 13.2 Å². The standard InChI is InChI=1S/C22H22F3N5O4S/c1-28-18-16(20(31)29(2)21(28)32)19(35-11-12-4-3-5-14(10-12)22(23,24)25)27-17(26-18)13-6-8-15(9-7-13)30(33)34/h3-10,16-19,26-27H,11H2,1-2H3. The van der Waals surface area contributed by atoms with E-state index in [2.05, 4.69) is 10.6 Å². The van der Waals surface area contributed by atoms with E-state index < -0.39 is 52.2 Å². The third-order valence-corrected chi connectivity index (χ3v) is 7.37. The fraction of sp³-hybridized carbons (Fsp3) is 0.364. The van der Waals surface area contributed by atoms with E-state index in [0.717, 1.165) is 17.0 Å². The van der Waals surface area contributed by atoms with Crippen LogP contribution in [-0.4, -0.2) is 52.3 Å². The van der Waals surface area contributed by atoms with Crippen LogP contribution in [0.15, 0.2) is 48.5 Å². The number of hydrogen-bond donors (Lipinski definition) is 2. The highest BCUT2D eigenvalue weighted by molar-refractivity contribution is 7.99. The van der Waals surface area contributed by atoms with Gasteiger partial charge in [0, 0.05) is 32.0 Å². The van der Waals surface area contributed by atoms with E-state index in [0.29, 0.717) is 11.1 Å². The number of nitrogens with one attached hydrogen (secondary N) is 2. The highest BCUT2D eigenvalue weighted by atomic mass is 32.2. The molecule has 13 heteroatoms. The van der Waals surface area contributed by atoms with E-state index in [-0.39, 0.29) is 11.4 Å². The van der Waals surface area contributed by atoms with Crippen molar-refractivity contribution in [2.75, 3.05) is 14.1 Å². The molecule has 0 aliphatic carbocycles. The first kappa shape index (κ1) is 24.9. The molecule has 2 N–H and O–H groups in total. The second kappa shape index (κ2) is 9.47. The monoisotopic (exact) mass is 509 g/mol. The van der Waals surface area contributed by atoms with Gasteiger partial charge in [0.2, 0.25) is 5.91 Å². The van der Waals surface area contributed by atoms with Crippen LogP contribution in [0.5, 0.6) is 0 Å². The number of nitrogens with zero attached hydrogens (tertiary/aromatic N) is 3. The predicted octanol–water partition coefficient (Wildman–Crippen LogP) is 3.53. The molecule has 9 nitrogen and oxygen atoms in total. The van der Waals surface area contributed by atoms with Crippen LogP contribution < -0.4 is 10.6 Å². The molecule has 2 aliphatic rings. The number of urea groups is 1. The number of fused-ring (bicyclic) bond motifs is 1. The maximum Gasteiger partial charge on any atom is 0.416 e. The topological polar surface area (TPSA) is 108 Å². The smallest absolute Gasteiger partial charge is 0.311 e. The second-order valence-electron chi connectivity index (χ2n) is 8.31. The van der Waals surface area contributed by atoms with Crippen LogP contribution in [0.2, 0.25) is 0 Å². The highest BCUT2D eigenvalue weighted by Crippen LogP contribution is 2.36. The van der Waals surface area contributed by atoms with Gasteiger partial charge >= 0.3 is 12.2 Å². The molecular weight excluding hydrogens is 487 g/mol. The van der Waals surface area contributed by atoms with Gasteiger partial charge in [0.05, 0.1) is 34.1 Å². The Morgan fingerprint density at radius 1 is 1.09 bits per heavy atom. The van der Waals surface area contributed by atoms with Gasteiger partial charge in [-0.15, -0.1) is 11.8 Å². The molecule has 3 amide bonds. The largest absolute Gasteiger partial charge is 0.416 e. The average molecular weight is 510 g/mol. The summed E-state index contributed by atoms with van der Waals surface area (Å²) >= 11 is 1.26. The summed E-state index contributed by atoms with van der Waals surface area (Å²) in [5, 5.41) is 16.9. The van der Waals surface area contributed by atoms with Gasteiger partial charge in [0.1, 0.15) is 0 Å². The second-order valence-corrected chi connectivity index (χ2v) is 9.44. The number of rotatable bonds is 5. The Morgan fingerprint density at radius 3 is 2.40 bits per heavy atom. The summed E-state index contributed by atoms with van der Waals surface area (Å²) in [6, 6.07) is 10.3. The molecule has 186 valence electrons. The minimum Gasteiger partial charge on any atom is -0.311 e. The van der Waals surface area contributed by atoms with Crippen molar-refractivity contribution in [1.82, 2.24) is 20.4 Å². The van der Waals surface area contributed by atoms with Crippen molar-refractivity contribution in [3.05, 3.63) is 75.3 Å². The zero-order chi connectivity index (χ0) is 25.5. The maximum absolute atomic E-state index is 13.1. The Balaban J connectivity index is 1.61. The van der Waals surface area contributed by atoms with Crippen LogP contribution in [0, 0.1) is 16.0 Å². The quantitative estimate of drug-likeness (QED) is 0.469. The minimum absolute atomic E-state index is 0.0836. The van der Waals surface area contributed by atoms with Gasteiger partial charge in [-0.3, -0.25) is 30.4 Å². The summed E-state index contributed by atoms with van der Waals surface area (Å²) in [7, 11) is 2.94. The molecule has 2 saturated heterocycles. The Labute approximate surface area is 202 Å². The van der Waals surface area contributed by atoms with Gasteiger partial charge < -0.3 is 4.90 Å². The number of hydrogen-bond acceptors (Lipinski definition) is 7. The molecule has 35 heavy (non-hydrogen) atoms. The number of imide groups is 1. The third kappa shape index (κ3) is 4.97. The number of nitro groups is 1. The molecular formula is C22H22F3N5O4S. The lowest BCUT2D eigenvalue weighted by Gasteiger charge is -2.50. The van der Waals surface area contributed by atoms with Gasteiger partial charge in [-0.25, -0.2) is 4.79 Å². The molecule has 4 atom stereocenters. The van der Waals surface area contributed by atoms with E-state index >= 15 is 0 Å². The SMILES string of the molecule is CN1C(=O)C2C(SCc3cccc(C(F)(F)F)c3)NC(c3ccc([N+](=O)[O-])cc3)NC2N(C)C1=O. The summed E-state index contributed by atoms with van der Waals surface area (Å²) in [6.45, 7) is 0. The van der Waals surface area contributed by atoms with E-state index in [1.54, 1.807) is 25.2 Å². The summed E-state index contributed by atoms with van der Waals surface area (Å²) in [5.41, 5.74) is 0.245. The molecule has 4 rings (SSSR count). The Kier molecular flexibility index (Phi) is 6.75. The summed E-state index contributed by atoms with van der Waals surface area (Å²) in [4.78, 5) is 38.5. The van der Waals surface area contributed by atoms with Gasteiger partial charge in [0.15, 0.2) is 0 Å². The number of carbonyl (C=O) groups is 2. The summed E-state index contributed by atoms with van der Waals surface area (Å²) < 4.78 is 39.4. The molecule has 0 spiro atoms. The van der Waals surface area contributed by atoms with Crippen molar-refractivity contribution < 1.29 is 27.7 Å². The summed E-state index contributed by atoms with van der Waals surface area (Å²) in [5.74, 6) is -0.943. The van der Waals surface area contributed by atoms with Crippen LogP contribution in [0.4, 0.5) is 23.7 Å². The molecule has 2 fully saturated rings. The Bertz CT molecular complexity index is 1150. The van der Waals surface area contributed by atoms with Crippen LogP contribution >= 0.6 is 11.8 Å². The molecule has 2 aromatic carbocycles. The van der Waals surface area contributed by atoms with Crippen molar-refractivity contribution in [2.24, 2.45) is 5.92 Å². The van der Waals surface area contributed by atoms with Crippen LogP contribution in [-0.2, 0) is 16.7 Å². The van der Waals surface area contributed by atoms with Crippen LogP contribution in [0.25, 0.3) is 0 Å². The van der Waals surface area contributed by atoms with E-state index in [1.807, 2.05) is 0 Å². The fourth-order valence-electron chi connectivity index (χ4n) is 4.20. The predicted molar refractivity (Wildman–Crippen MR) is 122 cm³/mol. The number of thioether (sulfide) groups is 1. The molecule has 0 aromatic heterocycles. The van der Waals surface area contributed by atoms with Crippen LogP contribution in [0.3, 0.4) is 0 Å². The number of carbonyl (C=O) groups excluding carboxylic acids is 2. The number of halogens is 3. The number of benzene rings is 2. The molecule has 0 saturated carbocycles. The van der Waals surface area contributed by atoms with Crippen molar-refractivity contribution in [3.63, 3.8) is 0 Å². The molecule has 4 unspecified atom stereocenters. The molecule has 2 aliphatic heterocycles. The highest BCUT2D eigenvalue weighted by Gasteiger charge is 2.51. The molecule has 0 radical (unpaired) electrons. The molecule has 2 aromatic rings. The van der Waals surface area contributed by atoms with Gasteiger partial charge in [-0.1, -0.05) is 18.2 Å². The lowest BCUT2D eigenvalue weighted by molar-refractivity contribution is -0.384. The third-order valence-electron chi connectivity index (χ3n) is 6.08. The van der Waals surface area contributed by atoms with Gasteiger partial charge in [-0.05, 0) is 29.3 Å². The Hall–Kier alpha value is -3.16. The zero-order valence-electron chi connectivity index (χ0n) is 18.7. The Morgan fingerprint density at radius 2 is 1.77 bits per heavy atom. The number of nitro benzene ring substituents is 1. The van der Waals surface area contributed by atoms with Gasteiger partial charge in [0.25, 0.3) is 5.69 Å². The van der Waals surface area contributed by atoms with Crippen molar-refractivity contribution in [1.29, 1.82) is 0 Å². The van der Waals surface area contributed by atoms with Crippen molar-refractivity contribution in [2.45, 2.75) is 29.6 Å². The lowest BCUT2D eigenvalue weighted by Crippen LogP contribution is -2.72. The van der Waals surface area contributed by atoms with E-state index in [9.17, 15) is 32.9 Å².